The summed E-state index contributed by atoms with van der Waals surface area (Å²) in [7, 11) is 2.96. The van der Waals surface area contributed by atoms with E-state index in [2.05, 4.69) is 5.32 Å². The highest BCUT2D eigenvalue weighted by Gasteiger charge is 2.34. The summed E-state index contributed by atoms with van der Waals surface area (Å²) < 4.78 is 10.3. The number of fused-ring (bicyclic) bond motifs is 1. The Bertz CT molecular complexity index is 891. The number of nitrogens with two attached hydrogens (primary N) is 1. The van der Waals surface area contributed by atoms with Crippen LogP contribution in [0.15, 0.2) is 36.4 Å². The van der Waals surface area contributed by atoms with Gasteiger partial charge in [-0.25, -0.2) is 0 Å². The van der Waals surface area contributed by atoms with Gasteiger partial charge in [0.25, 0.3) is 11.8 Å². The largest absolute Gasteiger partial charge is 0.493 e. The fraction of sp³-hybridized carbons (Fsp3) is 0.211. The lowest BCUT2D eigenvalue weighted by molar-refractivity contribution is -0.116. The maximum atomic E-state index is 12.3. The van der Waals surface area contributed by atoms with Crippen molar-refractivity contribution in [2.75, 3.05) is 31.8 Å². The molecule has 140 valence electrons. The molecule has 8 heteroatoms. The van der Waals surface area contributed by atoms with Gasteiger partial charge in [0.15, 0.2) is 11.5 Å². The van der Waals surface area contributed by atoms with Crippen LogP contribution in [0.25, 0.3) is 0 Å². The molecule has 3 amide bonds. The average molecular weight is 369 g/mol. The normalized spacial score (nSPS) is 12.7. The van der Waals surface area contributed by atoms with E-state index in [1.165, 1.54) is 14.2 Å². The van der Waals surface area contributed by atoms with Crippen LogP contribution in [0.4, 0.5) is 11.4 Å². The molecular weight excluding hydrogens is 350 g/mol. The number of nitrogen functional groups attached to an aromatic ring is 1. The Morgan fingerprint density at radius 3 is 2.15 bits per heavy atom. The lowest BCUT2D eigenvalue weighted by Gasteiger charge is -2.15. The number of nitrogens with zero attached hydrogens (tertiary/aromatic N) is 1. The minimum Gasteiger partial charge on any atom is -0.493 e. The fourth-order valence-corrected chi connectivity index (χ4v) is 2.87. The first-order valence-electron chi connectivity index (χ1n) is 8.22. The van der Waals surface area contributed by atoms with Crippen molar-refractivity contribution in [2.45, 2.75) is 6.42 Å². The van der Waals surface area contributed by atoms with Crippen LogP contribution >= 0.6 is 0 Å². The lowest BCUT2D eigenvalue weighted by Crippen LogP contribution is -2.32. The first-order valence-corrected chi connectivity index (χ1v) is 8.22. The zero-order valence-electron chi connectivity index (χ0n) is 14.9. The lowest BCUT2D eigenvalue weighted by atomic mass is 10.1. The minimum absolute atomic E-state index is 0.0224. The summed E-state index contributed by atoms with van der Waals surface area (Å²) in [6, 6.07) is 9.67. The Balaban J connectivity index is 1.66. The highest BCUT2D eigenvalue weighted by molar-refractivity contribution is 6.21. The quantitative estimate of drug-likeness (QED) is 0.594. The van der Waals surface area contributed by atoms with Gasteiger partial charge < -0.3 is 20.5 Å². The molecule has 3 N–H and O–H groups in total. The van der Waals surface area contributed by atoms with Crippen LogP contribution in [0.3, 0.4) is 0 Å². The maximum absolute atomic E-state index is 12.3. The molecule has 0 aliphatic carbocycles. The monoisotopic (exact) mass is 369 g/mol. The third kappa shape index (κ3) is 3.41. The molecule has 8 nitrogen and oxygen atoms in total. The minimum atomic E-state index is -0.394. The molecule has 2 aromatic carbocycles. The fourth-order valence-electron chi connectivity index (χ4n) is 2.87. The van der Waals surface area contributed by atoms with E-state index in [0.717, 1.165) is 4.90 Å². The number of anilines is 2. The van der Waals surface area contributed by atoms with Crippen LogP contribution in [0, 0.1) is 0 Å². The standard InChI is InChI=1S/C19H19N3O5/c1-26-15-9-13(20)14(10-16(15)27-2)21-17(23)7-8-22-18(24)11-5-3-4-6-12(11)19(22)25/h3-6,9-10H,7-8,20H2,1-2H3,(H,21,23). The molecule has 2 aromatic rings. The molecule has 0 spiro atoms. The van der Waals surface area contributed by atoms with Crippen LogP contribution < -0.4 is 20.5 Å². The van der Waals surface area contributed by atoms with Gasteiger partial charge in [-0.15, -0.1) is 0 Å². The topological polar surface area (TPSA) is 111 Å². The number of imide groups is 1. The predicted molar refractivity (Wildman–Crippen MR) is 99.0 cm³/mol. The first-order chi connectivity index (χ1) is 13.0. The van der Waals surface area contributed by atoms with Crippen LogP contribution in [-0.2, 0) is 4.79 Å². The Labute approximate surface area is 155 Å². The predicted octanol–water partition coefficient (Wildman–Crippen LogP) is 1.91. The SMILES string of the molecule is COc1cc(N)c(NC(=O)CCN2C(=O)c3ccccc3C2=O)cc1OC. The van der Waals surface area contributed by atoms with Gasteiger partial charge >= 0.3 is 0 Å². The third-order valence-corrected chi connectivity index (χ3v) is 4.27. The molecule has 1 aliphatic heterocycles. The van der Waals surface area contributed by atoms with Crippen molar-refractivity contribution >= 4 is 29.1 Å². The molecule has 0 fully saturated rings. The summed E-state index contributed by atoms with van der Waals surface area (Å²) in [6.07, 6.45) is -0.0563. The molecular formula is C19H19N3O5. The molecule has 0 radical (unpaired) electrons. The van der Waals surface area contributed by atoms with Crippen LogP contribution in [0.5, 0.6) is 11.5 Å². The molecule has 0 saturated carbocycles. The number of hydrogen-bond donors (Lipinski definition) is 2. The smallest absolute Gasteiger partial charge is 0.261 e. The van der Waals surface area contributed by atoms with Gasteiger partial charge in [0.05, 0.1) is 36.7 Å². The summed E-state index contributed by atoms with van der Waals surface area (Å²) in [4.78, 5) is 38.0. The number of rotatable bonds is 6. The zero-order chi connectivity index (χ0) is 19.6. The van der Waals surface area contributed by atoms with E-state index in [9.17, 15) is 14.4 Å². The number of amides is 3. The van der Waals surface area contributed by atoms with Gasteiger partial charge in [-0.1, -0.05) is 12.1 Å². The van der Waals surface area contributed by atoms with Crippen molar-refractivity contribution in [3.63, 3.8) is 0 Å². The summed E-state index contributed by atoms with van der Waals surface area (Å²) in [5.74, 6) is -0.310. The van der Waals surface area contributed by atoms with Gasteiger partial charge in [-0.2, -0.15) is 0 Å². The summed E-state index contributed by atoms with van der Waals surface area (Å²) in [5, 5.41) is 2.66. The molecule has 27 heavy (non-hydrogen) atoms. The summed E-state index contributed by atoms with van der Waals surface area (Å²) in [5.41, 5.74) is 7.30. The number of ether oxygens (including phenoxy) is 2. The van der Waals surface area contributed by atoms with E-state index < -0.39 is 11.8 Å². The number of hydrogen-bond acceptors (Lipinski definition) is 6. The van der Waals surface area contributed by atoms with Crippen LogP contribution in [0.2, 0.25) is 0 Å². The van der Waals surface area contributed by atoms with E-state index in [0.29, 0.717) is 34.0 Å². The number of benzene rings is 2. The van der Waals surface area contributed by atoms with Crippen molar-refractivity contribution in [2.24, 2.45) is 0 Å². The van der Waals surface area contributed by atoms with Crippen molar-refractivity contribution in [3.05, 3.63) is 47.5 Å². The van der Waals surface area contributed by atoms with Crippen molar-refractivity contribution in [3.8, 4) is 11.5 Å². The van der Waals surface area contributed by atoms with Gasteiger partial charge in [0, 0.05) is 25.1 Å². The van der Waals surface area contributed by atoms with Crippen molar-refractivity contribution in [1.29, 1.82) is 0 Å². The number of carbonyl (C=O) groups is 3. The second-order valence-corrected chi connectivity index (χ2v) is 5.90. The van der Waals surface area contributed by atoms with Gasteiger partial charge in [0.2, 0.25) is 5.91 Å². The van der Waals surface area contributed by atoms with Gasteiger partial charge in [-0.3, -0.25) is 19.3 Å². The molecule has 0 saturated heterocycles. The van der Waals surface area contributed by atoms with Gasteiger partial charge in [0.1, 0.15) is 0 Å². The second-order valence-electron chi connectivity index (χ2n) is 5.90. The Hall–Kier alpha value is -3.55. The summed E-state index contributed by atoms with van der Waals surface area (Å²) in [6.45, 7) is -0.0224. The third-order valence-electron chi connectivity index (χ3n) is 4.27. The Morgan fingerprint density at radius 1 is 1.04 bits per heavy atom. The van der Waals surface area contributed by atoms with Crippen LogP contribution in [-0.4, -0.2) is 43.4 Å². The van der Waals surface area contributed by atoms with Crippen molar-refractivity contribution in [1.82, 2.24) is 4.90 Å². The van der Waals surface area contributed by atoms with E-state index in [1.807, 2.05) is 0 Å². The molecule has 1 heterocycles. The number of carbonyl (C=O) groups excluding carboxylic acids is 3. The highest BCUT2D eigenvalue weighted by atomic mass is 16.5. The number of methoxy groups -OCH3 is 2. The van der Waals surface area contributed by atoms with E-state index >= 15 is 0 Å². The highest BCUT2D eigenvalue weighted by Crippen LogP contribution is 2.34. The maximum Gasteiger partial charge on any atom is 0.261 e. The van der Waals surface area contributed by atoms with Gasteiger partial charge in [-0.05, 0) is 12.1 Å². The number of nitrogens with one attached hydrogen (secondary N) is 1. The molecule has 0 aromatic heterocycles. The molecule has 1 aliphatic rings. The van der Waals surface area contributed by atoms with E-state index in [-0.39, 0.29) is 18.9 Å². The second kappa shape index (κ2) is 7.36. The Morgan fingerprint density at radius 2 is 1.59 bits per heavy atom. The first kappa shape index (κ1) is 18.2. The van der Waals surface area contributed by atoms with Crippen molar-refractivity contribution < 1.29 is 23.9 Å². The van der Waals surface area contributed by atoms with E-state index in [4.69, 9.17) is 15.2 Å². The molecule has 0 atom stereocenters. The average Bonchev–Trinajstić information content (AvgIpc) is 2.92. The van der Waals surface area contributed by atoms with Crippen LogP contribution in [0.1, 0.15) is 27.1 Å². The molecule has 3 rings (SSSR count). The summed E-state index contributed by atoms with van der Waals surface area (Å²) >= 11 is 0. The molecule has 0 unspecified atom stereocenters. The van der Waals surface area contributed by atoms with E-state index in [1.54, 1.807) is 36.4 Å². The zero-order valence-corrected chi connectivity index (χ0v) is 14.9. The molecule has 0 bridgehead atoms. The Kier molecular flexibility index (Phi) is 4.98.